The predicted molar refractivity (Wildman–Crippen MR) is 76.2 cm³/mol. The standard InChI is InChI=1S/C13H18N4O4/c1-2-4-14-12-6-10(11(7-15-12)17(20)21)13(19)16-5-3-9(18)8-16/h6-7,9,18H,2-5,8H2,1H3,(H,14,15). The first kappa shape index (κ1) is 15.2. The Morgan fingerprint density at radius 2 is 2.43 bits per heavy atom. The Kier molecular flexibility index (Phi) is 4.69. The topological polar surface area (TPSA) is 109 Å². The molecule has 0 saturated carbocycles. The normalized spacial score (nSPS) is 17.8. The Balaban J connectivity index is 2.29. The minimum absolute atomic E-state index is 0.00250. The number of nitrogens with one attached hydrogen (secondary N) is 1. The lowest BCUT2D eigenvalue weighted by Gasteiger charge is -2.16. The Morgan fingerprint density at radius 3 is 3.00 bits per heavy atom. The highest BCUT2D eigenvalue weighted by molar-refractivity contribution is 5.98. The Labute approximate surface area is 121 Å². The quantitative estimate of drug-likeness (QED) is 0.620. The van der Waals surface area contributed by atoms with Gasteiger partial charge in [-0.3, -0.25) is 14.9 Å². The van der Waals surface area contributed by atoms with Gasteiger partial charge in [0, 0.05) is 25.7 Å². The third-order valence-corrected chi connectivity index (χ3v) is 3.32. The van der Waals surface area contributed by atoms with Gasteiger partial charge in [0.2, 0.25) is 0 Å². The van der Waals surface area contributed by atoms with Crippen molar-refractivity contribution in [3.63, 3.8) is 0 Å². The third kappa shape index (κ3) is 3.46. The van der Waals surface area contributed by atoms with E-state index >= 15 is 0 Å². The third-order valence-electron chi connectivity index (χ3n) is 3.32. The maximum absolute atomic E-state index is 12.4. The molecule has 8 nitrogen and oxygen atoms in total. The number of aromatic nitrogens is 1. The molecule has 0 spiro atoms. The van der Waals surface area contributed by atoms with Gasteiger partial charge < -0.3 is 15.3 Å². The smallest absolute Gasteiger partial charge is 0.300 e. The van der Waals surface area contributed by atoms with Gasteiger partial charge in [-0.2, -0.15) is 0 Å². The molecular formula is C13H18N4O4. The van der Waals surface area contributed by atoms with E-state index in [1.807, 2.05) is 6.92 Å². The summed E-state index contributed by atoms with van der Waals surface area (Å²) < 4.78 is 0. The van der Waals surface area contributed by atoms with Crippen LogP contribution < -0.4 is 5.32 Å². The van der Waals surface area contributed by atoms with Crippen LogP contribution in [0.2, 0.25) is 0 Å². The number of nitro groups is 1. The summed E-state index contributed by atoms with van der Waals surface area (Å²) in [5, 5.41) is 23.5. The minimum Gasteiger partial charge on any atom is -0.391 e. The van der Waals surface area contributed by atoms with E-state index in [0.717, 1.165) is 12.6 Å². The number of hydrogen-bond acceptors (Lipinski definition) is 6. The number of carbonyl (C=O) groups is 1. The largest absolute Gasteiger partial charge is 0.391 e. The van der Waals surface area contributed by atoms with Crippen molar-refractivity contribution in [3.8, 4) is 0 Å². The van der Waals surface area contributed by atoms with Gasteiger partial charge >= 0.3 is 0 Å². The van der Waals surface area contributed by atoms with Crippen LogP contribution in [-0.4, -0.2) is 51.6 Å². The molecule has 1 aromatic rings. The van der Waals surface area contributed by atoms with Crippen LogP contribution in [0.3, 0.4) is 0 Å². The summed E-state index contributed by atoms with van der Waals surface area (Å²) in [7, 11) is 0. The number of nitrogens with zero attached hydrogens (tertiary/aromatic N) is 3. The Hall–Kier alpha value is -2.22. The Bertz CT molecular complexity index is 549. The molecule has 8 heteroatoms. The molecule has 1 aromatic heterocycles. The van der Waals surface area contributed by atoms with Crippen LogP contribution >= 0.6 is 0 Å². The van der Waals surface area contributed by atoms with Crippen molar-refractivity contribution < 1.29 is 14.8 Å². The zero-order chi connectivity index (χ0) is 15.4. The molecule has 1 saturated heterocycles. The van der Waals surface area contributed by atoms with Crippen LogP contribution in [0.15, 0.2) is 12.3 Å². The van der Waals surface area contributed by atoms with Gasteiger partial charge in [-0.15, -0.1) is 0 Å². The zero-order valence-electron chi connectivity index (χ0n) is 11.8. The fraction of sp³-hybridized carbons (Fsp3) is 0.538. The van der Waals surface area contributed by atoms with E-state index in [-0.39, 0.29) is 17.8 Å². The minimum atomic E-state index is -0.615. The van der Waals surface area contributed by atoms with E-state index in [4.69, 9.17) is 0 Å². The highest BCUT2D eigenvalue weighted by Gasteiger charge is 2.30. The van der Waals surface area contributed by atoms with E-state index in [2.05, 4.69) is 10.3 Å². The van der Waals surface area contributed by atoms with Crippen molar-refractivity contribution in [2.75, 3.05) is 25.0 Å². The number of aliphatic hydroxyl groups excluding tert-OH is 1. The molecule has 1 aliphatic rings. The summed E-state index contributed by atoms with van der Waals surface area (Å²) in [6.07, 6.45) is 1.90. The van der Waals surface area contributed by atoms with E-state index in [9.17, 15) is 20.0 Å². The number of hydrogen-bond donors (Lipinski definition) is 2. The molecule has 1 atom stereocenters. The van der Waals surface area contributed by atoms with Crippen LogP contribution in [0, 0.1) is 10.1 Å². The average molecular weight is 294 g/mol. The SMILES string of the molecule is CCCNc1cc(C(=O)N2CCC(O)C2)c([N+](=O)[O-])cn1. The van der Waals surface area contributed by atoms with Gasteiger partial charge in [0.05, 0.1) is 11.0 Å². The van der Waals surface area contributed by atoms with Gasteiger partial charge in [0.15, 0.2) is 0 Å². The fourth-order valence-electron chi connectivity index (χ4n) is 2.21. The molecule has 1 unspecified atom stereocenters. The van der Waals surface area contributed by atoms with E-state index in [1.54, 1.807) is 0 Å². The number of rotatable bonds is 5. The summed E-state index contributed by atoms with van der Waals surface area (Å²) in [4.78, 5) is 28.2. The van der Waals surface area contributed by atoms with Crippen molar-refractivity contribution in [3.05, 3.63) is 27.9 Å². The number of carbonyl (C=O) groups excluding carboxylic acids is 1. The second-order valence-electron chi connectivity index (χ2n) is 4.96. The maximum atomic E-state index is 12.4. The summed E-state index contributed by atoms with van der Waals surface area (Å²) in [6, 6.07) is 1.40. The molecule has 0 aromatic carbocycles. The molecule has 0 radical (unpaired) electrons. The second kappa shape index (κ2) is 6.49. The first-order valence-electron chi connectivity index (χ1n) is 6.88. The number of aliphatic hydroxyl groups is 1. The highest BCUT2D eigenvalue weighted by atomic mass is 16.6. The molecule has 21 heavy (non-hydrogen) atoms. The van der Waals surface area contributed by atoms with Gasteiger partial charge in [-0.05, 0) is 12.8 Å². The summed E-state index contributed by atoms with van der Waals surface area (Å²) >= 11 is 0. The number of pyridine rings is 1. The summed E-state index contributed by atoms with van der Waals surface area (Å²) in [6.45, 7) is 3.25. The maximum Gasteiger partial charge on any atom is 0.300 e. The Morgan fingerprint density at radius 1 is 1.67 bits per heavy atom. The molecule has 114 valence electrons. The number of amides is 1. The van der Waals surface area contributed by atoms with Crippen molar-refractivity contribution in [2.45, 2.75) is 25.9 Å². The van der Waals surface area contributed by atoms with Crippen LogP contribution in [0.25, 0.3) is 0 Å². The predicted octanol–water partition coefficient (Wildman–Crippen LogP) is 1.02. The van der Waals surface area contributed by atoms with E-state index < -0.39 is 16.9 Å². The number of likely N-dealkylation sites (tertiary alicyclic amines) is 1. The number of anilines is 1. The molecule has 1 aliphatic heterocycles. The van der Waals surface area contributed by atoms with Crippen molar-refractivity contribution >= 4 is 17.4 Å². The van der Waals surface area contributed by atoms with E-state index in [0.29, 0.717) is 25.3 Å². The fourth-order valence-corrected chi connectivity index (χ4v) is 2.21. The molecule has 0 bridgehead atoms. The lowest BCUT2D eigenvalue weighted by Crippen LogP contribution is -2.30. The van der Waals surface area contributed by atoms with Crippen LogP contribution in [0.1, 0.15) is 30.1 Å². The molecule has 2 N–H and O–H groups in total. The molecule has 0 aliphatic carbocycles. The highest BCUT2D eigenvalue weighted by Crippen LogP contribution is 2.24. The van der Waals surface area contributed by atoms with Crippen molar-refractivity contribution in [2.24, 2.45) is 0 Å². The zero-order valence-corrected chi connectivity index (χ0v) is 11.8. The average Bonchev–Trinajstić information content (AvgIpc) is 2.90. The molecule has 2 rings (SSSR count). The monoisotopic (exact) mass is 294 g/mol. The van der Waals surface area contributed by atoms with Gasteiger partial charge in [0.1, 0.15) is 17.6 Å². The van der Waals surface area contributed by atoms with E-state index in [1.165, 1.54) is 11.0 Å². The lowest BCUT2D eigenvalue weighted by molar-refractivity contribution is -0.385. The van der Waals surface area contributed by atoms with Crippen molar-refractivity contribution in [1.29, 1.82) is 0 Å². The van der Waals surface area contributed by atoms with Gasteiger partial charge in [-0.25, -0.2) is 4.98 Å². The first-order valence-corrected chi connectivity index (χ1v) is 6.88. The van der Waals surface area contributed by atoms with Gasteiger partial charge in [-0.1, -0.05) is 6.92 Å². The molecular weight excluding hydrogens is 276 g/mol. The lowest BCUT2D eigenvalue weighted by atomic mass is 10.2. The summed E-state index contributed by atoms with van der Waals surface area (Å²) in [5.74, 6) is -0.00857. The van der Waals surface area contributed by atoms with Crippen LogP contribution in [0.4, 0.5) is 11.5 Å². The van der Waals surface area contributed by atoms with Crippen molar-refractivity contribution in [1.82, 2.24) is 9.88 Å². The second-order valence-corrected chi connectivity index (χ2v) is 4.96. The van der Waals surface area contributed by atoms with Crippen LogP contribution in [-0.2, 0) is 0 Å². The van der Waals surface area contributed by atoms with Gasteiger partial charge in [0.25, 0.3) is 11.6 Å². The van der Waals surface area contributed by atoms with Crippen LogP contribution in [0.5, 0.6) is 0 Å². The molecule has 1 fully saturated rings. The molecule has 1 amide bonds. The molecule has 2 heterocycles. The summed E-state index contributed by atoms with van der Waals surface area (Å²) in [5.41, 5.74) is -0.314. The first-order chi connectivity index (χ1) is 10.0. The number of β-amino-alcohol motifs (C(OH)–C–C–N with tert-alkyl or cyclic N) is 1.